The van der Waals surface area contributed by atoms with E-state index >= 15 is 0 Å². The van der Waals surface area contributed by atoms with Gasteiger partial charge in [0.25, 0.3) is 0 Å². The molecule has 0 spiro atoms. The molecule has 0 atom stereocenters. The Kier molecular flexibility index (Phi) is 7.67. The summed E-state index contributed by atoms with van der Waals surface area (Å²) in [5, 5.41) is 7.44. The van der Waals surface area contributed by atoms with Crippen molar-refractivity contribution in [1.29, 1.82) is 0 Å². The summed E-state index contributed by atoms with van der Waals surface area (Å²) >= 11 is 1.34. The Morgan fingerprint density at radius 1 is 1.22 bits per heavy atom. The van der Waals surface area contributed by atoms with Gasteiger partial charge in [-0.3, -0.25) is 9.59 Å². The highest BCUT2D eigenvalue weighted by molar-refractivity contribution is 7.14. The summed E-state index contributed by atoms with van der Waals surface area (Å²) in [5.74, 6) is -0.699. The molecule has 0 aliphatic heterocycles. The van der Waals surface area contributed by atoms with Crippen molar-refractivity contribution < 1.29 is 9.59 Å². The summed E-state index contributed by atoms with van der Waals surface area (Å²) in [5.41, 5.74) is 8.23. The number of aryl methyl sites for hydroxylation is 1. The zero-order chi connectivity index (χ0) is 15.9. The van der Waals surface area contributed by atoms with Crippen LogP contribution in [0.15, 0.2) is 29.6 Å². The minimum atomic E-state index is -0.369. The molecule has 0 radical (unpaired) electrons. The molecule has 1 aromatic carbocycles. The molecule has 124 valence electrons. The van der Waals surface area contributed by atoms with E-state index in [0.717, 1.165) is 17.7 Å². The number of aromatic nitrogens is 1. The van der Waals surface area contributed by atoms with Crippen molar-refractivity contribution in [1.82, 2.24) is 10.3 Å². The first-order valence-corrected chi connectivity index (χ1v) is 7.81. The molecule has 1 heterocycles. The number of amides is 2. The first kappa shape index (κ1) is 19.1. The van der Waals surface area contributed by atoms with Gasteiger partial charge in [-0.2, -0.15) is 0 Å². The lowest BCUT2D eigenvalue weighted by Crippen LogP contribution is -2.36. The number of benzene rings is 1. The molecule has 0 bridgehead atoms. The highest BCUT2D eigenvalue weighted by Gasteiger charge is 2.09. The second-order valence-corrected chi connectivity index (χ2v) is 5.48. The third-order valence-electron chi connectivity index (χ3n) is 3.04. The SMILES string of the molecule is CCc1ccc(-c2csc(NC(=O)CNC(=O)CN)n2)cc1.Cl. The van der Waals surface area contributed by atoms with Gasteiger partial charge in [0.2, 0.25) is 11.8 Å². The molecule has 2 amide bonds. The Hall–Kier alpha value is -1.96. The van der Waals surface area contributed by atoms with Crippen molar-refractivity contribution in [2.75, 3.05) is 18.4 Å². The summed E-state index contributed by atoms with van der Waals surface area (Å²) in [6.45, 7) is 1.85. The summed E-state index contributed by atoms with van der Waals surface area (Å²) in [4.78, 5) is 27.0. The van der Waals surface area contributed by atoms with Crippen LogP contribution in [0, 0.1) is 0 Å². The van der Waals surface area contributed by atoms with E-state index < -0.39 is 0 Å². The third kappa shape index (κ3) is 5.63. The van der Waals surface area contributed by atoms with Gasteiger partial charge in [0.05, 0.1) is 18.8 Å². The molecule has 2 aromatic rings. The van der Waals surface area contributed by atoms with Crippen LogP contribution in [0.1, 0.15) is 12.5 Å². The number of nitrogens with two attached hydrogens (primary N) is 1. The fraction of sp³-hybridized carbons (Fsp3) is 0.267. The highest BCUT2D eigenvalue weighted by atomic mass is 35.5. The quantitative estimate of drug-likeness (QED) is 0.737. The maximum absolute atomic E-state index is 11.7. The molecule has 23 heavy (non-hydrogen) atoms. The van der Waals surface area contributed by atoms with Crippen molar-refractivity contribution >= 4 is 40.7 Å². The molecule has 0 fully saturated rings. The number of nitrogens with zero attached hydrogens (tertiary/aromatic N) is 1. The van der Waals surface area contributed by atoms with E-state index in [9.17, 15) is 9.59 Å². The number of thiazole rings is 1. The molecular formula is C15H19ClN4O2S. The lowest BCUT2D eigenvalue weighted by Gasteiger charge is -2.03. The number of nitrogens with one attached hydrogen (secondary N) is 2. The topological polar surface area (TPSA) is 97.1 Å². The summed E-state index contributed by atoms with van der Waals surface area (Å²) < 4.78 is 0. The number of carbonyl (C=O) groups excluding carboxylic acids is 2. The number of hydrogen-bond donors (Lipinski definition) is 3. The van der Waals surface area contributed by atoms with Crippen LogP contribution in [0.4, 0.5) is 5.13 Å². The lowest BCUT2D eigenvalue weighted by atomic mass is 10.1. The van der Waals surface area contributed by atoms with Gasteiger partial charge >= 0.3 is 0 Å². The van der Waals surface area contributed by atoms with Crippen molar-refractivity contribution in [3.63, 3.8) is 0 Å². The Bertz CT molecular complexity index is 658. The molecule has 0 aliphatic carbocycles. The van der Waals surface area contributed by atoms with Crippen LogP contribution in [0.5, 0.6) is 0 Å². The van der Waals surface area contributed by atoms with Gasteiger partial charge in [0.1, 0.15) is 0 Å². The average molecular weight is 355 g/mol. The number of hydrogen-bond acceptors (Lipinski definition) is 5. The second-order valence-electron chi connectivity index (χ2n) is 4.62. The number of anilines is 1. The Morgan fingerprint density at radius 3 is 2.52 bits per heavy atom. The van der Waals surface area contributed by atoms with Gasteiger partial charge in [0.15, 0.2) is 5.13 Å². The molecule has 8 heteroatoms. The van der Waals surface area contributed by atoms with Crippen molar-refractivity contribution in [2.24, 2.45) is 5.73 Å². The van der Waals surface area contributed by atoms with Crippen LogP contribution in [0.25, 0.3) is 11.3 Å². The highest BCUT2D eigenvalue weighted by Crippen LogP contribution is 2.25. The first-order chi connectivity index (χ1) is 10.6. The van der Waals surface area contributed by atoms with E-state index in [1.165, 1.54) is 16.9 Å². The number of halogens is 1. The minimum absolute atomic E-state index is 0. The van der Waals surface area contributed by atoms with Gasteiger partial charge < -0.3 is 16.4 Å². The minimum Gasteiger partial charge on any atom is -0.346 e. The van der Waals surface area contributed by atoms with E-state index in [4.69, 9.17) is 5.73 Å². The first-order valence-electron chi connectivity index (χ1n) is 6.93. The summed E-state index contributed by atoms with van der Waals surface area (Å²) in [7, 11) is 0. The van der Waals surface area contributed by atoms with Gasteiger partial charge in [-0.15, -0.1) is 23.7 Å². The predicted octanol–water partition coefficient (Wildman–Crippen LogP) is 1.81. The van der Waals surface area contributed by atoms with Crippen LogP contribution in [-0.2, 0) is 16.0 Å². The van der Waals surface area contributed by atoms with Gasteiger partial charge in [-0.05, 0) is 12.0 Å². The standard InChI is InChI=1S/C15H18N4O2S.ClH/c1-2-10-3-5-11(6-4-10)12-9-22-15(18-12)19-14(21)8-17-13(20)7-16;/h3-6,9H,2,7-8,16H2,1H3,(H,17,20)(H,18,19,21);1H. The molecule has 1 aromatic heterocycles. The molecule has 4 N–H and O–H groups in total. The Balaban J connectivity index is 0.00000264. The number of carbonyl (C=O) groups is 2. The van der Waals surface area contributed by atoms with Gasteiger partial charge in [0, 0.05) is 10.9 Å². The van der Waals surface area contributed by atoms with Crippen molar-refractivity contribution in [2.45, 2.75) is 13.3 Å². The predicted molar refractivity (Wildman–Crippen MR) is 94.9 cm³/mol. The zero-order valence-electron chi connectivity index (χ0n) is 12.7. The van der Waals surface area contributed by atoms with E-state index in [1.54, 1.807) is 0 Å². The van der Waals surface area contributed by atoms with Crippen molar-refractivity contribution in [3.8, 4) is 11.3 Å². The second kappa shape index (κ2) is 9.24. The van der Waals surface area contributed by atoms with Crippen LogP contribution >= 0.6 is 23.7 Å². The molecule has 0 unspecified atom stereocenters. The Labute approximate surface area is 144 Å². The van der Waals surface area contributed by atoms with Crippen molar-refractivity contribution in [3.05, 3.63) is 35.2 Å². The van der Waals surface area contributed by atoms with Crippen LogP contribution < -0.4 is 16.4 Å². The van der Waals surface area contributed by atoms with Crippen LogP contribution in [0.2, 0.25) is 0 Å². The summed E-state index contributed by atoms with van der Waals surface area (Å²) in [6.07, 6.45) is 0.993. The van der Waals surface area contributed by atoms with Gasteiger partial charge in [-0.25, -0.2) is 4.98 Å². The van der Waals surface area contributed by atoms with Crippen LogP contribution in [0.3, 0.4) is 0 Å². The average Bonchev–Trinajstić information content (AvgIpc) is 3.01. The Morgan fingerprint density at radius 2 is 1.91 bits per heavy atom. The van der Waals surface area contributed by atoms with E-state index in [0.29, 0.717) is 5.13 Å². The molecule has 6 nitrogen and oxygen atoms in total. The van der Waals surface area contributed by atoms with E-state index in [2.05, 4.69) is 34.7 Å². The zero-order valence-corrected chi connectivity index (χ0v) is 14.3. The fourth-order valence-corrected chi connectivity index (χ4v) is 2.53. The maximum Gasteiger partial charge on any atom is 0.245 e. The van der Waals surface area contributed by atoms with Gasteiger partial charge in [-0.1, -0.05) is 31.2 Å². The molecule has 0 aliphatic rings. The monoisotopic (exact) mass is 354 g/mol. The van der Waals surface area contributed by atoms with Crippen LogP contribution in [-0.4, -0.2) is 29.9 Å². The molecular weight excluding hydrogens is 336 g/mol. The third-order valence-corrected chi connectivity index (χ3v) is 3.80. The number of rotatable bonds is 6. The molecule has 0 saturated carbocycles. The smallest absolute Gasteiger partial charge is 0.245 e. The van der Waals surface area contributed by atoms with E-state index in [-0.39, 0.29) is 37.3 Å². The normalized spacial score (nSPS) is 9.83. The lowest BCUT2D eigenvalue weighted by molar-refractivity contribution is -0.123. The molecule has 0 saturated heterocycles. The molecule has 2 rings (SSSR count). The van der Waals surface area contributed by atoms with E-state index in [1.807, 2.05) is 17.5 Å². The fourth-order valence-electron chi connectivity index (χ4n) is 1.79. The largest absolute Gasteiger partial charge is 0.346 e. The summed E-state index contributed by atoms with van der Waals surface area (Å²) in [6, 6.07) is 8.16. The maximum atomic E-state index is 11.7.